The Morgan fingerprint density at radius 1 is 0.429 bits per heavy atom. The van der Waals surface area contributed by atoms with Crippen LogP contribution in [0, 0.1) is 58.2 Å². The fourth-order valence-corrected chi connectivity index (χ4v) is 3.70. The lowest BCUT2D eigenvalue weighted by atomic mass is 9.32. The summed E-state index contributed by atoms with van der Waals surface area (Å²) in [7, 11) is 0. The van der Waals surface area contributed by atoms with E-state index in [2.05, 4.69) is 0 Å². The van der Waals surface area contributed by atoms with Gasteiger partial charge < -0.3 is 0 Å². The maximum atomic E-state index is 14.3. The minimum atomic E-state index is -2.50. The molecule has 0 bridgehead atoms. The Bertz CT molecular complexity index is 824. The Morgan fingerprint density at radius 2 is 0.679 bits per heavy atom. The van der Waals surface area contributed by atoms with Crippen LogP contribution in [0.2, 0.25) is 5.82 Å². The van der Waals surface area contributed by atoms with Gasteiger partial charge in [-0.15, -0.1) is 0 Å². The molecular formula is C17H9BF10. The lowest BCUT2D eigenvalue weighted by Gasteiger charge is -2.24. The summed E-state index contributed by atoms with van der Waals surface area (Å²) < 4.78 is 138. The van der Waals surface area contributed by atoms with Crippen LogP contribution in [0.5, 0.6) is 0 Å². The molecule has 0 heterocycles. The zero-order valence-corrected chi connectivity index (χ0v) is 13.8. The summed E-state index contributed by atoms with van der Waals surface area (Å²) in [5.41, 5.74) is -3.24. The Hall–Kier alpha value is -2.20. The van der Waals surface area contributed by atoms with Gasteiger partial charge in [-0.3, -0.25) is 0 Å². The van der Waals surface area contributed by atoms with Gasteiger partial charge in [0, 0.05) is 10.9 Å². The largest absolute Gasteiger partial charge is 0.228 e. The Morgan fingerprint density at radius 3 is 0.964 bits per heavy atom. The summed E-state index contributed by atoms with van der Waals surface area (Å²) in [5, 5.41) is 0. The fourth-order valence-electron chi connectivity index (χ4n) is 3.70. The average Bonchev–Trinajstić information content (AvgIpc) is 3.21. The molecular weight excluding hydrogens is 405 g/mol. The smallest absolute Gasteiger partial charge is 0.204 e. The van der Waals surface area contributed by atoms with Crippen molar-refractivity contribution in [2.45, 2.75) is 31.5 Å². The first-order chi connectivity index (χ1) is 13.1. The normalized spacial score (nSPS) is 14.8. The molecule has 28 heavy (non-hydrogen) atoms. The van der Waals surface area contributed by atoms with Gasteiger partial charge in [-0.1, -0.05) is 31.5 Å². The summed E-state index contributed by atoms with van der Waals surface area (Å²) >= 11 is 0. The Balaban J connectivity index is 2.40. The summed E-state index contributed by atoms with van der Waals surface area (Å²) in [6.45, 7) is -2.25. The molecule has 1 saturated carbocycles. The molecule has 3 rings (SSSR count). The molecule has 2 aromatic rings. The molecule has 0 aromatic heterocycles. The Labute approximate surface area is 152 Å². The third kappa shape index (κ3) is 2.95. The van der Waals surface area contributed by atoms with Gasteiger partial charge in [-0.05, 0) is 0 Å². The lowest BCUT2D eigenvalue weighted by Crippen LogP contribution is -2.53. The van der Waals surface area contributed by atoms with Gasteiger partial charge in [0.25, 0.3) is 0 Å². The minimum Gasteiger partial charge on any atom is -0.204 e. The first kappa shape index (κ1) is 20.5. The van der Waals surface area contributed by atoms with Crippen molar-refractivity contribution in [3.63, 3.8) is 0 Å². The second kappa shape index (κ2) is 7.33. The molecule has 0 nitrogen and oxygen atoms in total. The molecule has 0 amide bonds. The Kier molecular flexibility index (Phi) is 5.37. The predicted octanol–water partition coefficient (Wildman–Crippen LogP) is 4.63. The maximum absolute atomic E-state index is 14.3. The molecule has 150 valence electrons. The van der Waals surface area contributed by atoms with E-state index < -0.39 is 81.6 Å². The van der Waals surface area contributed by atoms with E-state index in [1.165, 1.54) is 0 Å². The van der Waals surface area contributed by atoms with E-state index in [1.807, 2.05) is 0 Å². The van der Waals surface area contributed by atoms with Crippen LogP contribution in [0.15, 0.2) is 0 Å². The van der Waals surface area contributed by atoms with E-state index in [-0.39, 0.29) is 12.8 Å². The summed E-state index contributed by atoms with van der Waals surface area (Å²) in [4.78, 5) is 0. The van der Waals surface area contributed by atoms with Crippen molar-refractivity contribution in [1.82, 2.24) is 0 Å². The number of benzene rings is 2. The first-order valence-electron chi connectivity index (χ1n) is 8.12. The van der Waals surface area contributed by atoms with Crippen molar-refractivity contribution in [3.05, 3.63) is 58.2 Å². The lowest BCUT2D eigenvalue weighted by molar-refractivity contribution is 0.381. The third-order valence-corrected chi connectivity index (χ3v) is 4.98. The van der Waals surface area contributed by atoms with Crippen LogP contribution in [-0.2, 0) is 0 Å². The summed E-state index contributed by atoms with van der Waals surface area (Å²) in [5.74, 6) is -25.1. The topological polar surface area (TPSA) is 0 Å². The van der Waals surface area contributed by atoms with Crippen LogP contribution < -0.4 is 10.9 Å². The second-order valence-electron chi connectivity index (χ2n) is 6.49. The monoisotopic (exact) mass is 414 g/mol. The van der Waals surface area contributed by atoms with Gasteiger partial charge in [-0.25, -0.2) is 43.9 Å². The van der Waals surface area contributed by atoms with Crippen molar-refractivity contribution >= 4 is 17.6 Å². The second-order valence-corrected chi connectivity index (χ2v) is 6.49. The van der Waals surface area contributed by atoms with E-state index in [0.717, 1.165) is 0 Å². The molecule has 1 aliphatic carbocycles. The highest BCUT2D eigenvalue weighted by atomic mass is 19.2. The predicted molar refractivity (Wildman–Crippen MR) is 79.7 cm³/mol. The minimum absolute atomic E-state index is 0.0314. The molecule has 2 aromatic carbocycles. The molecule has 0 N–H and O–H groups in total. The third-order valence-electron chi connectivity index (χ3n) is 4.98. The zero-order chi connectivity index (χ0) is 20.9. The van der Waals surface area contributed by atoms with E-state index in [4.69, 9.17) is 0 Å². The van der Waals surface area contributed by atoms with Gasteiger partial charge in [0.2, 0.25) is 6.71 Å². The van der Waals surface area contributed by atoms with E-state index in [9.17, 15) is 43.9 Å². The van der Waals surface area contributed by atoms with E-state index in [1.54, 1.807) is 0 Å². The van der Waals surface area contributed by atoms with E-state index >= 15 is 0 Å². The highest BCUT2D eigenvalue weighted by Crippen LogP contribution is 2.35. The van der Waals surface area contributed by atoms with Crippen molar-refractivity contribution in [3.8, 4) is 0 Å². The molecule has 0 aliphatic heterocycles. The van der Waals surface area contributed by atoms with Gasteiger partial charge in [-0.2, -0.15) is 0 Å². The maximum Gasteiger partial charge on any atom is 0.228 e. The fraction of sp³-hybridized carbons (Fsp3) is 0.294. The molecule has 0 spiro atoms. The molecule has 0 saturated heterocycles. The number of rotatable bonds is 3. The SMILES string of the molecule is Fc1c(F)c(F)c(B(c2c(F)c(F)c(F)c(F)c2F)C2CCCC2)c(F)c1F. The van der Waals surface area contributed by atoms with Crippen LogP contribution in [0.1, 0.15) is 25.7 Å². The zero-order valence-electron chi connectivity index (χ0n) is 13.8. The highest BCUT2D eigenvalue weighted by Gasteiger charge is 2.44. The van der Waals surface area contributed by atoms with Crippen molar-refractivity contribution < 1.29 is 43.9 Å². The van der Waals surface area contributed by atoms with Crippen molar-refractivity contribution in [2.24, 2.45) is 0 Å². The molecule has 11 heteroatoms. The number of hydrogen-bond donors (Lipinski definition) is 0. The summed E-state index contributed by atoms with van der Waals surface area (Å²) in [6.07, 6.45) is 0.825. The molecule has 1 aliphatic rings. The average molecular weight is 414 g/mol. The van der Waals surface area contributed by atoms with E-state index in [0.29, 0.717) is 12.8 Å². The molecule has 0 atom stereocenters. The number of halogens is 10. The van der Waals surface area contributed by atoms with Crippen molar-refractivity contribution in [1.29, 1.82) is 0 Å². The molecule has 0 radical (unpaired) electrons. The van der Waals surface area contributed by atoms with Gasteiger partial charge >= 0.3 is 0 Å². The van der Waals surface area contributed by atoms with Gasteiger partial charge in [0.05, 0.1) is 0 Å². The van der Waals surface area contributed by atoms with Gasteiger partial charge in [0.15, 0.2) is 58.2 Å². The first-order valence-corrected chi connectivity index (χ1v) is 8.12. The highest BCUT2D eigenvalue weighted by molar-refractivity contribution is 6.86. The standard InChI is InChI=1S/C17H9BF10/c19-8-6(9(20)13(24)16(27)12(8)23)18(5-3-1-2-4-5)7-10(21)14(25)17(28)15(26)11(7)22/h5H,1-4H2. The van der Waals surface area contributed by atoms with Crippen LogP contribution in [0.25, 0.3) is 0 Å². The molecule has 1 fully saturated rings. The number of hydrogen-bond acceptors (Lipinski definition) is 0. The summed E-state index contributed by atoms with van der Waals surface area (Å²) in [6, 6.07) is 0. The van der Waals surface area contributed by atoms with Gasteiger partial charge in [0.1, 0.15) is 0 Å². The van der Waals surface area contributed by atoms with Crippen LogP contribution in [-0.4, -0.2) is 6.71 Å². The quantitative estimate of drug-likeness (QED) is 0.298. The van der Waals surface area contributed by atoms with Crippen molar-refractivity contribution in [2.75, 3.05) is 0 Å². The van der Waals surface area contributed by atoms with Crippen LogP contribution in [0.4, 0.5) is 43.9 Å². The molecule has 0 unspecified atom stereocenters. The van der Waals surface area contributed by atoms with Crippen LogP contribution >= 0.6 is 0 Å². The van der Waals surface area contributed by atoms with Crippen LogP contribution in [0.3, 0.4) is 0 Å².